The molecular weight excluding hydrogens is 228 g/mol. The molecule has 0 atom stereocenters. The molecule has 94 valence electrons. The summed E-state index contributed by atoms with van der Waals surface area (Å²) in [7, 11) is 0. The topological polar surface area (TPSA) is 103 Å². The first-order valence-corrected chi connectivity index (χ1v) is 5.64. The van der Waals surface area contributed by atoms with Crippen LogP contribution in [0.2, 0.25) is 0 Å². The van der Waals surface area contributed by atoms with E-state index in [1.165, 1.54) is 0 Å². The Labute approximate surface area is 107 Å². The zero-order valence-corrected chi connectivity index (χ0v) is 10.8. The van der Waals surface area contributed by atoms with Crippen LogP contribution in [0.3, 0.4) is 0 Å². The molecule has 0 radical (unpaired) electrons. The van der Waals surface area contributed by atoms with Crippen molar-refractivity contribution in [2.24, 2.45) is 0 Å². The molecule has 1 aromatic heterocycles. The highest BCUT2D eigenvalue weighted by atomic mass is 15.2. The highest BCUT2D eigenvalue weighted by molar-refractivity contribution is 5.57. The molecule has 1 rings (SSSR count). The molecule has 0 amide bonds. The lowest BCUT2D eigenvalue weighted by molar-refractivity contribution is 0.764. The largest absolute Gasteiger partial charge is 0.383 e. The van der Waals surface area contributed by atoms with Crippen molar-refractivity contribution in [3.63, 3.8) is 0 Å². The number of hydrogen-bond donors (Lipinski definition) is 1. The summed E-state index contributed by atoms with van der Waals surface area (Å²) in [5.74, 6) is 1.71. The highest BCUT2D eigenvalue weighted by Crippen LogP contribution is 2.23. The summed E-state index contributed by atoms with van der Waals surface area (Å²) in [6, 6.07) is 4.04. The first-order chi connectivity index (χ1) is 8.51. The predicted octanol–water partition coefficient (Wildman–Crippen LogP) is 1.34. The van der Waals surface area contributed by atoms with Gasteiger partial charge < -0.3 is 10.6 Å². The van der Waals surface area contributed by atoms with E-state index < -0.39 is 0 Å². The summed E-state index contributed by atoms with van der Waals surface area (Å²) in [6.07, 6.45) is 0. The van der Waals surface area contributed by atoms with Crippen molar-refractivity contribution in [1.82, 2.24) is 9.97 Å². The molecule has 0 spiro atoms. The van der Waals surface area contributed by atoms with Gasteiger partial charge in [0.05, 0.1) is 12.1 Å². The van der Waals surface area contributed by atoms with E-state index in [0.29, 0.717) is 23.0 Å². The van der Waals surface area contributed by atoms with Crippen molar-refractivity contribution in [2.75, 3.05) is 23.7 Å². The van der Waals surface area contributed by atoms with Crippen molar-refractivity contribution >= 4 is 11.6 Å². The van der Waals surface area contributed by atoms with Crippen LogP contribution in [0.25, 0.3) is 0 Å². The van der Waals surface area contributed by atoms with Gasteiger partial charge in [-0.15, -0.1) is 0 Å². The molecule has 0 saturated heterocycles. The van der Waals surface area contributed by atoms with E-state index in [4.69, 9.17) is 16.3 Å². The number of nitrogen functional groups attached to an aromatic ring is 1. The van der Waals surface area contributed by atoms with Gasteiger partial charge in [0.2, 0.25) is 0 Å². The lowest BCUT2D eigenvalue weighted by atomic mass is 10.2. The smallest absolute Gasteiger partial charge is 0.139 e. The van der Waals surface area contributed by atoms with Gasteiger partial charge >= 0.3 is 0 Å². The van der Waals surface area contributed by atoms with Crippen LogP contribution >= 0.6 is 0 Å². The summed E-state index contributed by atoms with van der Waals surface area (Å²) in [5.41, 5.74) is 6.54. The monoisotopic (exact) mass is 244 g/mol. The van der Waals surface area contributed by atoms with Crippen LogP contribution in [0.1, 0.15) is 31.2 Å². The van der Waals surface area contributed by atoms with E-state index in [1.54, 1.807) is 11.8 Å². The number of anilines is 2. The number of nitrogens with zero attached hydrogens (tertiary/aromatic N) is 5. The zero-order chi connectivity index (χ0) is 13.7. The van der Waals surface area contributed by atoms with Crippen molar-refractivity contribution in [3.05, 3.63) is 11.4 Å². The maximum absolute atomic E-state index is 8.79. The molecule has 0 bridgehead atoms. The molecule has 1 heterocycles. The van der Waals surface area contributed by atoms with Crippen molar-refractivity contribution < 1.29 is 0 Å². The van der Waals surface area contributed by atoms with Crippen LogP contribution in [0, 0.1) is 29.6 Å². The van der Waals surface area contributed by atoms with Crippen LogP contribution in [-0.4, -0.2) is 23.1 Å². The van der Waals surface area contributed by atoms with Crippen LogP contribution in [-0.2, 0) is 0 Å². The van der Waals surface area contributed by atoms with Crippen LogP contribution in [0.5, 0.6) is 0 Å². The molecule has 0 saturated carbocycles. The Morgan fingerprint density at radius 1 is 1.22 bits per heavy atom. The average molecular weight is 244 g/mol. The van der Waals surface area contributed by atoms with E-state index in [9.17, 15) is 0 Å². The molecular formula is C12H16N6. The highest BCUT2D eigenvalue weighted by Gasteiger charge is 2.16. The Balaban J connectivity index is 3.28. The third-order valence-electron chi connectivity index (χ3n) is 2.51. The van der Waals surface area contributed by atoms with Gasteiger partial charge in [0.15, 0.2) is 0 Å². The standard InChI is InChI=1S/C12H16N6/c1-8(2)11-16-10(15)9(3)12(17-11)18(6-4-13)7-5-14/h8H,6-7H2,1-3H3,(H2,15,16,17). The van der Waals surface area contributed by atoms with Crippen molar-refractivity contribution in [3.8, 4) is 12.1 Å². The maximum Gasteiger partial charge on any atom is 0.139 e. The van der Waals surface area contributed by atoms with E-state index in [1.807, 2.05) is 26.0 Å². The third-order valence-corrected chi connectivity index (χ3v) is 2.51. The Kier molecular flexibility index (Phi) is 4.45. The second-order valence-electron chi connectivity index (χ2n) is 4.24. The number of rotatable bonds is 4. The summed E-state index contributed by atoms with van der Waals surface area (Å²) in [6.45, 7) is 5.92. The molecule has 18 heavy (non-hydrogen) atoms. The Morgan fingerprint density at radius 3 is 2.22 bits per heavy atom. The first-order valence-electron chi connectivity index (χ1n) is 5.64. The molecule has 0 fully saturated rings. The quantitative estimate of drug-likeness (QED) is 0.802. The van der Waals surface area contributed by atoms with Crippen molar-refractivity contribution in [2.45, 2.75) is 26.7 Å². The van der Waals surface area contributed by atoms with E-state index in [-0.39, 0.29) is 19.0 Å². The van der Waals surface area contributed by atoms with Crippen molar-refractivity contribution in [1.29, 1.82) is 10.5 Å². The minimum Gasteiger partial charge on any atom is -0.383 e. The first kappa shape index (κ1) is 13.7. The summed E-state index contributed by atoms with van der Waals surface area (Å²) < 4.78 is 0. The molecule has 6 heteroatoms. The minimum atomic E-state index is 0.0996. The predicted molar refractivity (Wildman–Crippen MR) is 68.7 cm³/mol. The van der Waals surface area contributed by atoms with Crippen LogP contribution < -0.4 is 10.6 Å². The summed E-state index contributed by atoms with van der Waals surface area (Å²) in [4.78, 5) is 10.2. The van der Waals surface area contributed by atoms with Gasteiger partial charge in [-0.25, -0.2) is 9.97 Å². The lowest BCUT2D eigenvalue weighted by Crippen LogP contribution is -2.27. The van der Waals surface area contributed by atoms with Gasteiger partial charge in [-0.1, -0.05) is 13.8 Å². The number of nitrogens with two attached hydrogens (primary N) is 1. The number of aromatic nitrogens is 2. The number of nitriles is 2. The molecule has 2 N–H and O–H groups in total. The van der Waals surface area contributed by atoms with Gasteiger partial charge in [0.25, 0.3) is 0 Å². The fraction of sp³-hybridized carbons (Fsp3) is 0.500. The molecule has 6 nitrogen and oxygen atoms in total. The second kappa shape index (κ2) is 5.83. The van der Waals surface area contributed by atoms with Gasteiger partial charge in [0.1, 0.15) is 30.5 Å². The molecule has 0 aliphatic carbocycles. The molecule has 0 unspecified atom stereocenters. The van der Waals surface area contributed by atoms with E-state index >= 15 is 0 Å². The lowest BCUT2D eigenvalue weighted by Gasteiger charge is -2.21. The third kappa shape index (κ3) is 2.86. The molecule has 0 aromatic carbocycles. The second-order valence-corrected chi connectivity index (χ2v) is 4.24. The van der Waals surface area contributed by atoms with E-state index in [2.05, 4.69) is 9.97 Å². The average Bonchev–Trinajstić information content (AvgIpc) is 2.32. The Morgan fingerprint density at radius 2 is 1.78 bits per heavy atom. The van der Waals surface area contributed by atoms with Gasteiger partial charge in [-0.05, 0) is 6.92 Å². The fourth-order valence-corrected chi connectivity index (χ4v) is 1.48. The fourth-order valence-electron chi connectivity index (χ4n) is 1.48. The molecule has 0 aliphatic heterocycles. The van der Waals surface area contributed by atoms with Gasteiger partial charge in [-0.2, -0.15) is 10.5 Å². The summed E-state index contributed by atoms with van der Waals surface area (Å²) in [5, 5.41) is 17.6. The van der Waals surface area contributed by atoms with Gasteiger partial charge in [-0.3, -0.25) is 0 Å². The number of hydrogen-bond acceptors (Lipinski definition) is 6. The maximum atomic E-state index is 8.79. The molecule has 1 aromatic rings. The SMILES string of the molecule is Cc1c(N)nc(C(C)C)nc1N(CC#N)CC#N. The van der Waals surface area contributed by atoms with Crippen LogP contribution in [0.4, 0.5) is 11.6 Å². The summed E-state index contributed by atoms with van der Waals surface area (Å²) >= 11 is 0. The van der Waals surface area contributed by atoms with Gasteiger partial charge in [0, 0.05) is 11.5 Å². The van der Waals surface area contributed by atoms with Crippen LogP contribution in [0.15, 0.2) is 0 Å². The Hall–Kier alpha value is -2.34. The van der Waals surface area contributed by atoms with E-state index in [0.717, 1.165) is 0 Å². The Bertz CT molecular complexity index is 493. The zero-order valence-electron chi connectivity index (χ0n) is 10.8. The minimum absolute atomic E-state index is 0.0996. The molecule has 0 aliphatic rings. The normalized spacial score (nSPS) is 9.89.